The predicted octanol–water partition coefficient (Wildman–Crippen LogP) is 0.411. The van der Waals surface area contributed by atoms with Crippen molar-refractivity contribution in [3.8, 4) is 0 Å². The van der Waals surface area contributed by atoms with Gasteiger partial charge < -0.3 is 14.9 Å². The molecule has 0 saturated heterocycles. The van der Waals surface area contributed by atoms with Gasteiger partial charge in [-0.25, -0.2) is 0 Å². The number of ether oxygens (including phenoxy) is 1. The van der Waals surface area contributed by atoms with E-state index in [1.165, 1.54) is 6.92 Å². The third-order valence-corrected chi connectivity index (χ3v) is 2.22. The van der Waals surface area contributed by atoms with Crippen molar-refractivity contribution in [1.82, 2.24) is 0 Å². The van der Waals surface area contributed by atoms with Crippen LogP contribution in [-0.2, 0) is 14.3 Å². The molecule has 0 aromatic heterocycles. The zero-order valence-electron chi connectivity index (χ0n) is 8.61. The van der Waals surface area contributed by atoms with Crippen molar-refractivity contribution in [1.29, 1.82) is 0 Å². The van der Waals surface area contributed by atoms with Gasteiger partial charge in [0.1, 0.15) is 0 Å². The molecule has 0 radical (unpaired) electrons. The Bertz CT molecular complexity index is 225. The van der Waals surface area contributed by atoms with Crippen molar-refractivity contribution < 1.29 is 24.5 Å². The van der Waals surface area contributed by atoms with Crippen molar-refractivity contribution in [2.75, 3.05) is 7.11 Å². The van der Waals surface area contributed by atoms with E-state index in [0.29, 0.717) is 6.42 Å². The van der Waals surface area contributed by atoms with Crippen LogP contribution in [0.1, 0.15) is 26.7 Å². The van der Waals surface area contributed by atoms with E-state index in [0.717, 1.165) is 7.11 Å². The van der Waals surface area contributed by atoms with Gasteiger partial charge in [0.2, 0.25) is 0 Å². The molecule has 2 unspecified atom stereocenters. The molecule has 0 aromatic carbocycles. The molecular weight excluding hydrogens is 188 g/mol. The molecule has 0 spiro atoms. The van der Waals surface area contributed by atoms with Crippen LogP contribution < -0.4 is 0 Å². The fourth-order valence-electron chi connectivity index (χ4n) is 1.10. The monoisotopic (exact) mass is 204 g/mol. The zero-order valence-corrected chi connectivity index (χ0v) is 8.61. The Labute approximate surface area is 82.7 Å². The van der Waals surface area contributed by atoms with Gasteiger partial charge in [-0.2, -0.15) is 0 Å². The maximum atomic E-state index is 11.2. The first-order valence-electron chi connectivity index (χ1n) is 4.38. The summed E-state index contributed by atoms with van der Waals surface area (Å²) >= 11 is 0. The van der Waals surface area contributed by atoms with Crippen molar-refractivity contribution in [2.24, 2.45) is 5.41 Å². The second-order valence-electron chi connectivity index (χ2n) is 3.40. The summed E-state index contributed by atoms with van der Waals surface area (Å²) in [4.78, 5) is 22.1. The van der Waals surface area contributed by atoms with Crippen LogP contribution in [0.25, 0.3) is 0 Å². The van der Waals surface area contributed by atoms with E-state index in [2.05, 4.69) is 4.74 Å². The number of aliphatic hydroxyl groups excluding tert-OH is 1. The van der Waals surface area contributed by atoms with Crippen LogP contribution in [0.2, 0.25) is 0 Å². The maximum Gasteiger partial charge on any atom is 0.323 e. The highest BCUT2D eigenvalue weighted by molar-refractivity contribution is 5.98. The number of carboxylic acid groups (broad SMARTS) is 1. The second kappa shape index (κ2) is 4.95. The van der Waals surface area contributed by atoms with E-state index < -0.39 is 23.5 Å². The number of hydrogen-bond donors (Lipinski definition) is 2. The number of rotatable bonds is 5. The summed E-state index contributed by atoms with van der Waals surface area (Å²) in [6, 6.07) is 0. The van der Waals surface area contributed by atoms with Crippen molar-refractivity contribution >= 4 is 11.9 Å². The number of methoxy groups -OCH3 is 1. The third-order valence-electron chi connectivity index (χ3n) is 2.22. The zero-order chi connectivity index (χ0) is 11.4. The second-order valence-corrected chi connectivity index (χ2v) is 3.40. The van der Waals surface area contributed by atoms with Gasteiger partial charge in [-0.15, -0.1) is 0 Å². The minimum absolute atomic E-state index is 0.133. The van der Waals surface area contributed by atoms with Crippen LogP contribution in [0, 0.1) is 5.41 Å². The summed E-state index contributed by atoms with van der Waals surface area (Å²) in [6.45, 7) is 2.96. The van der Waals surface area contributed by atoms with E-state index in [1.807, 2.05) is 0 Å². The van der Waals surface area contributed by atoms with Crippen molar-refractivity contribution in [3.63, 3.8) is 0 Å². The molecule has 0 aliphatic rings. The molecule has 2 atom stereocenters. The minimum atomic E-state index is -1.66. The Morgan fingerprint density at radius 1 is 1.50 bits per heavy atom. The molecule has 82 valence electrons. The highest BCUT2D eigenvalue weighted by Gasteiger charge is 2.43. The largest absolute Gasteiger partial charge is 0.480 e. The number of carbonyl (C=O) groups excluding carboxylic acids is 1. The fraction of sp³-hybridized carbons (Fsp3) is 0.778. The average molecular weight is 204 g/mol. The molecule has 0 aromatic rings. The number of esters is 1. The molecule has 0 rings (SSSR count). The van der Waals surface area contributed by atoms with Crippen LogP contribution >= 0.6 is 0 Å². The van der Waals surface area contributed by atoms with Gasteiger partial charge in [0, 0.05) is 0 Å². The number of carbonyl (C=O) groups is 2. The van der Waals surface area contributed by atoms with Gasteiger partial charge in [0.15, 0.2) is 5.41 Å². The van der Waals surface area contributed by atoms with Gasteiger partial charge in [-0.3, -0.25) is 9.59 Å². The van der Waals surface area contributed by atoms with E-state index in [4.69, 9.17) is 5.11 Å². The Morgan fingerprint density at radius 3 is 2.29 bits per heavy atom. The van der Waals surface area contributed by atoms with Crippen LogP contribution in [0.3, 0.4) is 0 Å². The van der Waals surface area contributed by atoms with Crippen LogP contribution in [-0.4, -0.2) is 35.4 Å². The number of aliphatic carboxylic acids is 1. The Hall–Kier alpha value is -1.10. The third kappa shape index (κ3) is 2.70. The van der Waals surface area contributed by atoms with Crippen LogP contribution in [0.5, 0.6) is 0 Å². The smallest absolute Gasteiger partial charge is 0.323 e. The number of hydrogen-bond acceptors (Lipinski definition) is 4. The lowest BCUT2D eigenvalue weighted by Gasteiger charge is -2.23. The SMILES string of the molecule is CCC(O)CC(C)(C(=O)O)C(=O)OC. The van der Waals surface area contributed by atoms with Crippen LogP contribution in [0.4, 0.5) is 0 Å². The molecule has 0 aliphatic carbocycles. The molecule has 0 fully saturated rings. The highest BCUT2D eigenvalue weighted by Crippen LogP contribution is 2.26. The normalized spacial score (nSPS) is 16.9. The lowest BCUT2D eigenvalue weighted by molar-refractivity contribution is -0.168. The Balaban J connectivity index is 4.73. The molecule has 14 heavy (non-hydrogen) atoms. The highest BCUT2D eigenvalue weighted by atomic mass is 16.5. The lowest BCUT2D eigenvalue weighted by atomic mass is 9.84. The van der Waals surface area contributed by atoms with Gasteiger partial charge in [0.25, 0.3) is 0 Å². The van der Waals surface area contributed by atoms with Gasteiger partial charge in [0.05, 0.1) is 13.2 Å². The predicted molar refractivity (Wildman–Crippen MR) is 48.7 cm³/mol. The van der Waals surface area contributed by atoms with E-state index in [1.54, 1.807) is 6.92 Å². The van der Waals surface area contributed by atoms with Gasteiger partial charge in [-0.1, -0.05) is 6.92 Å². The molecule has 5 nitrogen and oxygen atoms in total. The molecule has 2 N–H and O–H groups in total. The molecule has 5 heteroatoms. The van der Waals surface area contributed by atoms with E-state index >= 15 is 0 Å². The lowest BCUT2D eigenvalue weighted by Crippen LogP contribution is -2.40. The summed E-state index contributed by atoms with van der Waals surface area (Å²) in [5, 5.41) is 18.2. The van der Waals surface area contributed by atoms with Crippen molar-refractivity contribution in [3.05, 3.63) is 0 Å². The molecule has 0 heterocycles. The van der Waals surface area contributed by atoms with Crippen LogP contribution in [0.15, 0.2) is 0 Å². The standard InChI is InChI=1S/C9H16O5/c1-4-6(10)5-9(2,7(11)12)8(13)14-3/h6,10H,4-5H2,1-3H3,(H,11,12). The van der Waals surface area contributed by atoms with E-state index in [-0.39, 0.29) is 6.42 Å². The van der Waals surface area contributed by atoms with Gasteiger partial charge in [-0.05, 0) is 19.8 Å². The maximum absolute atomic E-state index is 11.2. The van der Waals surface area contributed by atoms with Gasteiger partial charge >= 0.3 is 11.9 Å². The van der Waals surface area contributed by atoms with Crippen molar-refractivity contribution in [2.45, 2.75) is 32.8 Å². The number of aliphatic hydroxyl groups is 1. The molecule has 0 saturated carbocycles. The summed E-state index contributed by atoms with van der Waals surface area (Å²) in [5.41, 5.74) is -1.66. The topological polar surface area (TPSA) is 83.8 Å². The van der Waals surface area contributed by atoms with E-state index in [9.17, 15) is 14.7 Å². The summed E-state index contributed by atoms with van der Waals surface area (Å²) in [6.07, 6.45) is -0.541. The summed E-state index contributed by atoms with van der Waals surface area (Å²) < 4.78 is 4.39. The Morgan fingerprint density at radius 2 is 2.00 bits per heavy atom. The summed E-state index contributed by atoms with van der Waals surface area (Å²) in [5.74, 6) is -2.12. The molecule has 0 aliphatic heterocycles. The first-order chi connectivity index (χ1) is 6.38. The Kier molecular flexibility index (Phi) is 4.56. The summed E-state index contributed by atoms with van der Waals surface area (Å²) in [7, 11) is 1.13. The average Bonchev–Trinajstić information content (AvgIpc) is 2.15. The molecule has 0 bridgehead atoms. The number of carboxylic acids is 1. The first kappa shape index (κ1) is 12.9. The minimum Gasteiger partial charge on any atom is -0.480 e. The first-order valence-corrected chi connectivity index (χ1v) is 4.38. The fourth-order valence-corrected chi connectivity index (χ4v) is 1.10. The molecule has 0 amide bonds. The quantitative estimate of drug-likeness (QED) is 0.500. The molecular formula is C9H16O5.